The minimum absolute atomic E-state index is 0.0756. The van der Waals surface area contributed by atoms with Crippen molar-refractivity contribution in [1.29, 1.82) is 5.26 Å². The molecule has 0 unspecified atom stereocenters. The summed E-state index contributed by atoms with van der Waals surface area (Å²) in [5.74, 6) is 1.71. The van der Waals surface area contributed by atoms with Gasteiger partial charge in [0.05, 0.1) is 19.3 Å². The number of hydrogen-bond acceptors (Lipinski definition) is 4. The molecule has 1 rings (SSSR count). The van der Waals surface area contributed by atoms with Crippen molar-refractivity contribution in [1.82, 2.24) is 0 Å². The smallest absolute Gasteiger partial charge is 0.161 e. The molecule has 0 amide bonds. The van der Waals surface area contributed by atoms with Crippen molar-refractivity contribution in [2.45, 2.75) is 13.8 Å². The first-order valence-electron chi connectivity index (χ1n) is 6.20. The Morgan fingerprint density at radius 2 is 2.15 bits per heavy atom. The molecule has 1 aromatic rings. The van der Waals surface area contributed by atoms with Gasteiger partial charge in [-0.2, -0.15) is 5.26 Å². The molecule has 0 fully saturated rings. The predicted octanol–water partition coefficient (Wildman–Crippen LogP) is 2.92. The number of nitrogens with zero attached hydrogens (tertiary/aromatic N) is 1. The van der Waals surface area contributed by atoms with Gasteiger partial charge in [-0.15, -0.1) is 0 Å². The van der Waals surface area contributed by atoms with Gasteiger partial charge in [-0.1, -0.05) is 32.1 Å². The standard InChI is InChI=1S/C15H18N2O2S/c1-10(2)9-19-13-5-4-11(7-14(13)18-3)6-12(8-16)15(17)20/h4-7,10H,9H2,1-3H3,(H2,17,20)/b12-6-. The Labute approximate surface area is 124 Å². The van der Waals surface area contributed by atoms with Crippen LogP contribution in [0.4, 0.5) is 0 Å². The van der Waals surface area contributed by atoms with Crippen LogP contribution in [0.3, 0.4) is 0 Å². The van der Waals surface area contributed by atoms with E-state index in [1.54, 1.807) is 19.3 Å². The van der Waals surface area contributed by atoms with Crippen molar-refractivity contribution >= 4 is 23.3 Å². The zero-order valence-electron chi connectivity index (χ0n) is 11.8. The lowest BCUT2D eigenvalue weighted by Gasteiger charge is -2.12. The van der Waals surface area contributed by atoms with Gasteiger partial charge in [0.25, 0.3) is 0 Å². The second-order valence-electron chi connectivity index (χ2n) is 4.65. The highest BCUT2D eigenvalue weighted by molar-refractivity contribution is 7.80. The third-order valence-electron chi connectivity index (χ3n) is 2.46. The molecule has 0 aromatic heterocycles. The van der Waals surface area contributed by atoms with Crippen molar-refractivity contribution in [2.24, 2.45) is 11.7 Å². The molecule has 0 saturated heterocycles. The molecule has 1 aromatic carbocycles. The number of benzene rings is 1. The van der Waals surface area contributed by atoms with Gasteiger partial charge < -0.3 is 15.2 Å². The number of methoxy groups -OCH3 is 1. The summed E-state index contributed by atoms with van der Waals surface area (Å²) in [5.41, 5.74) is 6.50. The Morgan fingerprint density at radius 1 is 1.45 bits per heavy atom. The van der Waals surface area contributed by atoms with Crippen molar-refractivity contribution in [2.75, 3.05) is 13.7 Å². The topological polar surface area (TPSA) is 68.3 Å². The lowest BCUT2D eigenvalue weighted by Crippen LogP contribution is -2.09. The van der Waals surface area contributed by atoms with Crippen LogP contribution in [0.2, 0.25) is 0 Å². The maximum absolute atomic E-state index is 8.94. The minimum Gasteiger partial charge on any atom is -0.493 e. The number of ether oxygens (including phenoxy) is 2. The number of rotatable bonds is 6. The van der Waals surface area contributed by atoms with E-state index in [4.69, 9.17) is 32.7 Å². The van der Waals surface area contributed by atoms with E-state index >= 15 is 0 Å². The van der Waals surface area contributed by atoms with Gasteiger partial charge in [0.1, 0.15) is 11.1 Å². The summed E-state index contributed by atoms with van der Waals surface area (Å²) < 4.78 is 11.0. The molecular formula is C15H18N2O2S. The van der Waals surface area contributed by atoms with Crippen LogP contribution in [-0.2, 0) is 0 Å². The number of nitrogens with two attached hydrogens (primary N) is 1. The highest BCUT2D eigenvalue weighted by Crippen LogP contribution is 2.29. The molecule has 4 nitrogen and oxygen atoms in total. The van der Waals surface area contributed by atoms with Crippen LogP contribution >= 0.6 is 12.2 Å². The van der Waals surface area contributed by atoms with Crippen LogP contribution < -0.4 is 15.2 Å². The van der Waals surface area contributed by atoms with Gasteiger partial charge in [0, 0.05) is 0 Å². The van der Waals surface area contributed by atoms with E-state index < -0.39 is 0 Å². The summed E-state index contributed by atoms with van der Waals surface area (Å²) >= 11 is 4.80. The van der Waals surface area contributed by atoms with E-state index in [0.29, 0.717) is 24.0 Å². The van der Waals surface area contributed by atoms with Crippen LogP contribution in [0.15, 0.2) is 23.8 Å². The fourth-order valence-corrected chi connectivity index (χ4v) is 1.58. The maximum Gasteiger partial charge on any atom is 0.161 e. The van der Waals surface area contributed by atoms with Gasteiger partial charge >= 0.3 is 0 Å². The van der Waals surface area contributed by atoms with Gasteiger partial charge in [-0.25, -0.2) is 0 Å². The summed E-state index contributed by atoms with van der Waals surface area (Å²) in [6, 6.07) is 7.38. The second-order valence-corrected chi connectivity index (χ2v) is 5.09. The maximum atomic E-state index is 8.94. The fraction of sp³-hybridized carbons (Fsp3) is 0.333. The molecule has 0 aliphatic carbocycles. The quantitative estimate of drug-likeness (QED) is 0.495. The molecule has 5 heteroatoms. The Balaban J connectivity index is 3.04. The molecular weight excluding hydrogens is 272 g/mol. The zero-order chi connectivity index (χ0) is 15.1. The predicted molar refractivity (Wildman–Crippen MR) is 83.7 cm³/mol. The molecule has 106 valence electrons. The minimum atomic E-state index is 0.0756. The summed E-state index contributed by atoms with van der Waals surface area (Å²) in [6.07, 6.45) is 1.62. The molecule has 0 aliphatic heterocycles. The first-order valence-corrected chi connectivity index (χ1v) is 6.61. The van der Waals surface area contributed by atoms with Crippen LogP contribution in [0.25, 0.3) is 6.08 Å². The summed E-state index contributed by atoms with van der Waals surface area (Å²) in [5, 5.41) is 8.94. The zero-order valence-corrected chi connectivity index (χ0v) is 12.7. The molecule has 20 heavy (non-hydrogen) atoms. The molecule has 0 saturated carbocycles. The summed E-state index contributed by atoms with van der Waals surface area (Å²) in [7, 11) is 1.57. The first kappa shape index (κ1) is 16.0. The summed E-state index contributed by atoms with van der Waals surface area (Å²) in [4.78, 5) is 0.0756. The van der Waals surface area contributed by atoms with Gasteiger partial charge in [0.2, 0.25) is 0 Å². The third kappa shape index (κ3) is 4.56. The first-order chi connectivity index (χ1) is 9.47. The van der Waals surface area contributed by atoms with Crippen LogP contribution in [0.1, 0.15) is 19.4 Å². The number of hydrogen-bond donors (Lipinski definition) is 1. The van der Waals surface area contributed by atoms with E-state index in [1.165, 1.54) is 0 Å². The lowest BCUT2D eigenvalue weighted by atomic mass is 10.1. The highest BCUT2D eigenvalue weighted by Gasteiger charge is 2.07. The normalized spacial score (nSPS) is 11.1. The average molecular weight is 290 g/mol. The Kier molecular flexibility index (Phi) is 6.01. The number of nitriles is 1. The Hall–Kier alpha value is -2.06. The molecule has 0 radical (unpaired) electrons. The van der Waals surface area contributed by atoms with Crippen molar-refractivity contribution in [3.05, 3.63) is 29.3 Å². The highest BCUT2D eigenvalue weighted by atomic mass is 32.1. The van der Waals surface area contributed by atoms with Crippen LogP contribution in [0.5, 0.6) is 11.5 Å². The Bertz CT molecular complexity index is 559. The van der Waals surface area contributed by atoms with Crippen molar-refractivity contribution < 1.29 is 9.47 Å². The Morgan fingerprint density at radius 3 is 2.65 bits per heavy atom. The monoisotopic (exact) mass is 290 g/mol. The van der Waals surface area contributed by atoms with Crippen LogP contribution in [-0.4, -0.2) is 18.7 Å². The lowest BCUT2D eigenvalue weighted by molar-refractivity contribution is 0.257. The van der Waals surface area contributed by atoms with E-state index in [1.807, 2.05) is 18.2 Å². The number of thiocarbonyl (C=S) groups is 1. The summed E-state index contributed by atoms with van der Waals surface area (Å²) in [6.45, 7) is 4.76. The largest absolute Gasteiger partial charge is 0.493 e. The van der Waals surface area contributed by atoms with E-state index in [2.05, 4.69) is 13.8 Å². The molecule has 0 bridgehead atoms. The third-order valence-corrected chi connectivity index (χ3v) is 2.68. The van der Waals surface area contributed by atoms with E-state index in [-0.39, 0.29) is 10.6 Å². The van der Waals surface area contributed by atoms with Gasteiger partial charge in [-0.3, -0.25) is 0 Å². The fourth-order valence-electron chi connectivity index (χ4n) is 1.47. The molecule has 0 spiro atoms. The van der Waals surface area contributed by atoms with E-state index in [9.17, 15) is 0 Å². The van der Waals surface area contributed by atoms with Gasteiger partial charge in [-0.05, 0) is 29.7 Å². The van der Waals surface area contributed by atoms with Crippen LogP contribution in [0, 0.1) is 17.2 Å². The van der Waals surface area contributed by atoms with E-state index in [0.717, 1.165) is 5.56 Å². The molecule has 0 atom stereocenters. The molecule has 0 aliphatic rings. The second kappa shape index (κ2) is 7.51. The van der Waals surface area contributed by atoms with Crippen molar-refractivity contribution in [3.8, 4) is 17.6 Å². The molecule has 2 N–H and O–H groups in total. The molecule has 0 heterocycles. The SMILES string of the molecule is COc1cc(/C=C(/C#N)C(N)=S)ccc1OCC(C)C. The van der Waals surface area contributed by atoms with Gasteiger partial charge in [0.15, 0.2) is 11.5 Å². The van der Waals surface area contributed by atoms with Crippen molar-refractivity contribution in [3.63, 3.8) is 0 Å². The average Bonchev–Trinajstić information content (AvgIpc) is 2.42.